The molecule has 1 aliphatic heterocycles. The highest BCUT2D eigenvalue weighted by Gasteiger charge is 2.30. The number of benzene rings is 1. The fourth-order valence-corrected chi connectivity index (χ4v) is 4.81. The molecular formula is C23H33N5O5S. The number of aromatic nitrogens is 1. The fourth-order valence-electron chi connectivity index (χ4n) is 3.76. The number of nitrogens with one attached hydrogen (secondary N) is 3. The number of H-pyrrole nitrogens is 1. The summed E-state index contributed by atoms with van der Waals surface area (Å²) in [5, 5.41) is 3.23. The van der Waals surface area contributed by atoms with Crippen LogP contribution >= 0.6 is 0 Å². The summed E-state index contributed by atoms with van der Waals surface area (Å²) in [4.78, 5) is 30.4. The van der Waals surface area contributed by atoms with Gasteiger partial charge in [-0.15, -0.1) is 0 Å². The van der Waals surface area contributed by atoms with Crippen molar-refractivity contribution < 1.29 is 22.7 Å². The molecule has 3 N–H and O–H groups in total. The monoisotopic (exact) mass is 491 g/mol. The van der Waals surface area contributed by atoms with Crippen molar-refractivity contribution in [1.82, 2.24) is 19.9 Å². The average molecular weight is 492 g/mol. The zero-order valence-electron chi connectivity index (χ0n) is 20.1. The van der Waals surface area contributed by atoms with Crippen molar-refractivity contribution in [3.63, 3.8) is 0 Å². The van der Waals surface area contributed by atoms with E-state index >= 15 is 0 Å². The maximum atomic E-state index is 12.9. The van der Waals surface area contributed by atoms with Crippen molar-refractivity contribution >= 4 is 27.9 Å². The van der Waals surface area contributed by atoms with E-state index < -0.39 is 10.0 Å². The molecule has 1 atom stereocenters. The molecule has 11 heteroatoms. The smallest absolute Gasteiger partial charge is 0.240 e. The third kappa shape index (κ3) is 5.84. The van der Waals surface area contributed by atoms with Crippen molar-refractivity contribution in [2.24, 2.45) is 0 Å². The molecule has 186 valence electrons. The topological polar surface area (TPSA) is 124 Å². The molecule has 2 heterocycles. The number of hydrogen-bond donors (Lipinski definition) is 3. The van der Waals surface area contributed by atoms with Crippen molar-refractivity contribution in [3.8, 4) is 17.0 Å². The normalized spacial score (nSPS) is 15.9. The first-order valence-electron chi connectivity index (χ1n) is 11.3. The second kappa shape index (κ2) is 11.1. The molecule has 1 amide bonds. The molecule has 1 aliphatic rings. The van der Waals surface area contributed by atoms with Crippen LogP contribution in [0.25, 0.3) is 11.3 Å². The van der Waals surface area contributed by atoms with Crippen LogP contribution in [0.3, 0.4) is 0 Å². The van der Waals surface area contributed by atoms with Gasteiger partial charge in [-0.25, -0.2) is 13.1 Å². The first kappa shape index (κ1) is 25.9. The van der Waals surface area contributed by atoms with E-state index in [2.05, 4.69) is 15.0 Å². The highest BCUT2D eigenvalue weighted by molar-refractivity contribution is 7.89. The maximum Gasteiger partial charge on any atom is 0.240 e. The van der Waals surface area contributed by atoms with Gasteiger partial charge in [0.15, 0.2) is 0 Å². The van der Waals surface area contributed by atoms with E-state index in [1.807, 2.05) is 32.8 Å². The molecule has 2 aromatic rings. The number of rotatable bonds is 11. The quantitative estimate of drug-likeness (QED) is 0.323. The summed E-state index contributed by atoms with van der Waals surface area (Å²) in [6, 6.07) is 6.56. The lowest BCUT2D eigenvalue weighted by Gasteiger charge is -2.33. The van der Waals surface area contributed by atoms with Crippen LogP contribution in [0, 0.1) is 0 Å². The number of nitrogens with zero attached hydrogens (tertiary/aromatic N) is 2. The van der Waals surface area contributed by atoms with Crippen LogP contribution in [0.1, 0.15) is 32.4 Å². The van der Waals surface area contributed by atoms with E-state index in [0.29, 0.717) is 48.7 Å². The van der Waals surface area contributed by atoms with E-state index in [1.54, 1.807) is 23.1 Å². The highest BCUT2D eigenvalue weighted by Crippen LogP contribution is 2.37. The molecule has 0 bridgehead atoms. The number of aldehydes is 1. The van der Waals surface area contributed by atoms with Gasteiger partial charge in [0.1, 0.15) is 12.0 Å². The van der Waals surface area contributed by atoms with Crippen LogP contribution in [0.2, 0.25) is 0 Å². The molecule has 10 nitrogen and oxygen atoms in total. The van der Waals surface area contributed by atoms with Crippen molar-refractivity contribution in [3.05, 3.63) is 30.0 Å². The lowest BCUT2D eigenvalue weighted by atomic mass is 10.1. The third-order valence-corrected chi connectivity index (χ3v) is 6.95. The van der Waals surface area contributed by atoms with Crippen molar-refractivity contribution in [2.45, 2.75) is 44.3 Å². The summed E-state index contributed by atoms with van der Waals surface area (Å²) < 4.78 is 34.3. The van der Waals surface area contributed by atoms with Crippen molar-refractivity contribution in [2.75, 3.05) is 38.7 Å². The van der Waals surface area contributed by atoms with Gasteiger partial charge >= 0.3 is 0 Å². The Morgan fingerprint density at radius 1 is 1.32 bits per heavy atom. The minimum Gasteiger partial charge on any atom is -0.493 e. The second-order valence-electron chi connectivity index (χ2n) is 8.45. The minimum atomic E-state index is -3.73. The molecule has 1 aromatic carbocycles. The number of hydrogen-bond acceptors (Lipinski definition) is 7. The molecule has 3 rings (SSSR count). The number of ether oxygens (including phenoxy) is 1. The standard InChI is InChI=1S/C23H33N5O5S/c1-5-12-33-22-7-6-17(34(31,32)25-9-10-27(3)4)13-18(22)19-14-21-20(26-19)15-24-16(2)28(21)23(30)8-11-29/h6-7,11,13-14,16,24-26H,5,8-10,12,15H2,1-4H3. The highest BCUT2D eigenvalue weighted by atomic mass is 32.2. The van der Waals surface area contributed by atoms with Crippen LogP contribution in [0.5, 0.6) is 5.75 Å². The summed E-state index contributed by atoms with van der Waals surface area (Å²) in [6.07, 6.45) is 0.878. The lowest BCUT2D eigenvalue weighted by molar-refractivity contribution is -0.122. The lowest BCUT2D eigenvalue weighted by Crippen LogP contribution is -2.50. The Balaban J connectivity index is 2.02. The molecule has 0 saturated heterocycles. The van der Waals surface area contributed by atoms with Gasteiger partial charge in [-0.1, -0.05) is 6.92 Å². The van der Waals surface area contributed by atoms with E-state index in [4.69, 9.17) is 4.74 Å². The first-order valence-corrected chi connectivity index (χ1v) is 12.8. The minimum absolute atomic E-state index is 0.123. The summed E-state index contributed by atoms with van der Waals surface area (Å²) in [5.41, 5.74) is 2.63. The van der Waals surface area contributed by atoms with E-state index in [0.717, 1.165) is 12.1 Å². The molecule has 0 saturated carbocycles. The Hall–Kier alpha value is -2.73. The second-order valence-corrected chi connectivity index (χ2v) is 10.2. The van der Waals surface area contributed by atoms with E-state index in [1.165, 1.54) is 6.07 Å². The van der Waals surface area contributed by atoms with Gasteiger partial charge < -0.3 is 19.4 Å². The van der Waals surface area contributed by atoms with E-state index in [9.17, 15) is 18.0 Å². The SMILES string of the molecule is CCCOc1ccc(S(=O)(=O)NCCN(C)C)cc1-c1cc2c([nH]1)CNC(C)N2C(=O)CC=O. The average Bonchev–Trinajstić information content (AvgIpc) is 3.21. The molecule has 34 heavy (non-hydrogen) atoms. The third-order valence-electron chi connectivity index (χ3n) is 5.49. The molecule has 1 unspecified atom stereocenters. The van der Waals surface area contributed by atoms with Gasteiger partial charge in [0.25, 0.3) is 0 Å². The zero-order chi connectivity index (χ0) is 24.9. The number of likely N-dealkylation sites (N-methyl/N-ethyl adjacent to an activating group) is 1. The fraction of sp³-hybridized carbons (Fsp3) is 0.478. The number of amides is 1. The number of aromatic amines is 1. The predicted octanol–water partition coefficient (Wildman–Crippen LogP) is 1.68. The Morgan fingerprint density at radius 3 is 2.76 bits per heavy atom. The Kier molecular flexibility index (Phi) is 8.47. The van der Waals surface area contributed by atoms with Crippen LogP contribution < -0.4 is 19.7 Å². The summed E-state index contributed by atoms with van der Waals surface area (Å²) in [7, 11) is 0.0183. The number of fused-ring (bicyclic) bond motifs is 1. The maximum absolute atomic E-state index is 12.9. The van der Waals surface area contributed by atoms with Crippen LogP contribution in [0.15, 0.2) is 29.2 Å². The molecule has 0 aliphatic carbocycles. The summed E-state index contributed by atoms with van der Waals surface area (Å²) in [6.45, 7) is 5.67. The van der Waals surface area contributed by atoms with Gasteiger partial charge in [-0.2, -0.15) is 0 Å². The summed E-state index contributed by atoms with van der Waals surface area (Å²) >= 11 is 0. The van der Waals surface area contributed by atoms with Gasteiger partial charge in [-0.05, 0) is 51.7 Å². The zero-order valence-corrected chi connectivity index (χ0v) is 20.9. The predicted molar refractivity (Wildman–Crippen MR) is 130 cm³/mol. The van der Waals surface area contributed by atoms with Gasteiger partial charge in [-0.3, -0.25) is 15.0 Å². The van der Waals surface area contributed by atoms with Crippen LogP contribution in [-0.4, -0.2) is 70.5 Å². The number of anilines is 1. The number of carbonyl (C=O) groups excluding carboxylic acids is 2. The Labute approximate surface area is 200 Å². The molecule has 1 aromatic heterocycles. The number of sulfonamides is 1. The first-order chi connectivity index (χ1) is 16.2. The molecular weight excluding hydrogens is 458 g/mol. The summed E-state index contributed by atoms with van der Waals surface area (Å²) in [5.74, 6) is 0.227. The number of carbonyl (C=O) groups is 2. The van der Waals surface area contributed by atoms with Gasteiger partial charge in [0, 0.05) is 25.2 Å². The Bertz CT molecular complexity index is 1130. The Morgan fingerprint density at radius 2 is 2.09 bits per heavy atom. The largest absolute Gasteiger partial charge is 0.493 e. The van der Waals surface area contributed by atoms with E-state index in [-0.39, 0.29) is 29.9 Å². The molecule has 0 spiro atoms. The van der Waals surface area contributed by atoms with Crippen LogP contribution in [-0.2, 0) is 26.2 Å². The molecule has 0 fully saturated rings. The van der Waals surface area contributed by atoms with Gasteiger partial charge in [0.2, 0.25) is 15.9 Å². The molecule has 0 radical (unpaired) electrons. The van der Waals surface area contributed by atoms with Gasteiger partial charge in [0.05, 0.1) is 41.2 Å². The van der Waals surface area contributed by atoms with Crippen LogP contribution in [0.4, 0.5) is 5.69 Å². The van der Waals surface area contributed by atoms with Crippen molar-refractivity contribution in [1.29, 1.82) is 0 Å².